The van der Waals surface area contributed by atoms with Crippen molar-refractivity contribution >= 4 is 21.8 Å². The van der Waals surface area contributed by atoms with Crippen LogP contribution in [0.4, 0.5) is 0 Å². The third kappa shape index (κ3) is 5.88. The zero-order chi connectivity index (χ0) is 20.6. The van der Waals surface area contributed by atoms with Gasteiger partial charge in [-0.1, -0.05) is 34.8 Å². The first kappa shape index (κ1) is 21.5. The van der Waals surface area contributed by atoms with Crippen LogP contribution in [0, 0.1) is 0 Å². The van der Waals surface area contributed by atoms with Crippen molar-refractivity contribution in [3.63, 3.8) is 0 Å². The monoisotopic (exact) mass is 405 g/mol. The summed E-state index contributed by atoms with van der Waals surface area (Å²) in [4.78, 5) is 28.6. The minimum Gasteiger partial charge on any atom is -0.354 e. The molecule has 0 aliphatic heterocycles. The van der Waals surface area contributed by atoms with Gasteiger partial charge in [-0.2, -0.15) is 0 Å². The van der Waals surface area contributed by atoms with Crippen molar-refractivity contribution in [2.24, 2.45) is 0 Å². The van der Waals surface area contributed by atoms with Crippen molar-refractivity contribution in [1.82, 2.24) is 15.1 Å². The zero-order valence-electron chi connectivity index (χ0n) is 15.7. The molecular formula is C19H23N3O5S. The Bertz CT molecular complexity index is 899. The van der Waals surface area contributed by atoms with Gasteiger partial charge in [0, 0.05) is 19.2 Å². The van der Waals surface area contributed by atoms with E-state index in [1.165, 1.54) is 38.4 Å². The highest BCUT2D eigenvalue weighted by Crippen LogP contribution is 2.15. The molecule has 2 aromatic rings. The predicted molar refractivity (Wildman–Crippen MR) is 104 cm³/mol. The minimum absolute atomic E-state index is 0.00736. The molecule has 0 heterocycles. The lowest BCUT2D eigenvalue weighted by atomic mass is 10.1. The number of nitrogens with one attached hydrogen (secondary N) is 2. The molecule has 0 aliphatic rings. The molecule has 0 bridgehead atoms. The molecule has 2 rings (SSSR count). The average Bonchev–Trinajstić information content (AvgIpc) is 2.72. The van der Waals surface area contributed by atoms with Gasteiger partial charge < -0.3 is 10.6 Å². The fraction of sp³-hybridized carbons (Fsp3) is 0.263. The number of rotatable bonds is 9. The predicted octanol–water partition coefficient (Wildman–Crippen LogP) is 0.957. The van der Waals surface area contributed by atoms with Gasteiger partial charge in [0.15, 0.2) is 0 Å². The Balaban J connectivity index is 1.81. The van der Waals surface area contributed by atoms with Gasteiger partial charge >= 0.3 is 0 Å². The summed E-state index contributed by atoms with van der Waals surface area (Å²) in [5.74, 6) is -0.771. The van der Waals surface area contributed by atoms with Crippen LogP contribution >= 0.6 is 0 Å². The van der Waals surface area contributed by atoms with E-state index in [-0.39, 0.29) is 22.9 Å². The summed E-state index contributed by atoms with van der Waals surface area (Å²) in [7, 11) is -1.26. The van der Waals surface area contributed by atoms with E-state index in [9.17, 15) is 18.0 Å². The van der Waals surface area contributed by atoms with Crippen molar-refractivity contribution < 1.29 is 22.8 Å². The second-order valence-electron chi connectivity index (χ2n) is 5.89. The third-order valence-corrected chi connectivity index (χ3v) is 5.69. The lowest BCUT2D eigenvalue weighted by Gasteiger charge is -2.14. The van der Waals surface area contributed by atoms with Crippen LogP contribution in [0.25, 0.3) is 0 Å². The summed E-state index contributed by atoms with van der Waals surface area (Å²) in [6.45, 7) is 0.304. The van der Waals surface area contributed by atoms with Gasteiger partial charge in [0.25, 0.3) is 15.9 Å². The maximum atomic E-state index is 12.1. The minimum atomic E-state index is -3.78. The molecule has 9 heteroatoms. The van der Waals surface area contributed by atoms with E-state index < -0.39 is 15.9 Å². The Morgan fingerprint density at radius 2 is 1.64 bits per heavy atom. The van der Waals surface area contributed by atoms with Gasteiger partial charge in [-0.05, 0) is 36.2 Å². The van der Waals surface area contributed by atoms with E-state index in [1.807, 2.05) is 30.3 Å². The smallest absolute Gasteiger partial charge is 0.264 e. The SMILES string of the molecule is CON(C)S(=O)(=O)c1ccc(C(=O)NCC(=O)NCCc2ccccc2)cc1. The van der Waals surface area contributed by atoms with Crippen LogP contribution in [0.1, 0.15) is 15.9 Å². The Hall–Kier alpha value is -2.75. The molecule has 150 valence electrons. The van der Waals surface area contributed by atoms with Gasteiger partial charge in [0.1, 0.15) is 0 Å². The number of benzene rings is 2. The second-order valence-corrected chi connectivity index (χ2v) is 7.83. The molecule has 0 fully saturated rings. The summed E-state index contributed by atoms with van der Waals surface area (Å²) in [6.07, 6.45) is 0.701. The summed E-state index contributed by atoms with van der Waals surface area (Å²) in [5.41, 5.74) is 1.36. The van der Waals surface area contributed by atoms with Gasteiger partial charge in [0.05, 0.1) is 18.6 Å². The molecule has 2 amide bonds. The highest BCUT2D eigenvalue weighted by molar-refractivity contribution is 7.89. The topological polar surface area (TPSA) is 105 Å². The molecule has 8 nitrogen and oxygen atoms in total. The molecular weight excluding hydrogens is 382 g/mol. The maximum Gasteiger partial charge on any atom is 0.264 e. The molecule has 0 atom stereocenters. The highest BCUT2D eigenvalue weighted by atomic mass is 32.2. The summed E-state index contributed by atoms with van der Waals surface area (Å²) < 4.78 is 24.9. The number of hydrogen-bond acceptors (Lipinski definition) is 5. The molecule has 0 saturated carbocycles. The van der Waals surface area contributed by atoms with E-state index in [4.69, 9.17) is 4.84 Å². The Morgan fingerprint density at radius 1 is 1.00 bits per heavy atom. The standard InChI is InChI=1S/C19H23N3O5S/c1-22(27-2)28(25,26)17-10-8-16(9-11-17)19(24)21-14-18(23)20-13-12-15-6-4-3-5-7-15/h3-11H,12-14H2,1-2H3,(H,20,23)(H,21,24). The molecule has 0 spiro atoms. The normalized spacial score (nSPS) is 11.2. The molecule has 0 aromatic heterocycles. The van der Waals surface area contributed by atoms with Crippen molar-refractivity contribution in [2.45, 2.75) is 11.3 Å². The lowest BCUT2D eigenvalue weighted by Crippen LogP contribution is -2.37. The van der Waals surface area contributed by atoms with E-state index >= 15 is 0 Å². The first-order chi connectivity index (χ1) is 13.3. The fourth-order valence-electron chi connectivity index (χ4n) is 2.34. The van der Waals surface area contributed by atoms with Crippen LogP contribution in [0.3, 0.4) is 0 Å². The molecule has 0 saturated heterocycles. The highest BCUT2D eigenvalue weighted by Gasteiger charge is 2.21. The van der Waals surface area contributed by atoms with Crippen LogP contribution in [-0.2, 0) is 26.1 Å². The molecule has 28 heavy (non-hydrogen) atoms. The quantitative estimate of drug-likeness (QED) is 0.605. The number of sulfonamides is 1. The molecule has 0 unspecified atom stereocenters. The summed E-state index contributed by atoms with van der Waals surface area (Å²) in [5, 5.41) is 5.24. The lowest BCUT2D eigenvalue weighted by molar-refractivity contribution is -0.120. The fourth-order valence-corrected chi connectivity index (χ4v) is 3.31. The number of carbonyl (C=O) groups excluding carboxylic acids is 2. The molecule has 2 aromatic carbocycles. The van der Waals surface area contributed by atoms with E-state index in [0.29, 0.717) is 13.0 Å². The van der Waals surface area contributed by atoms with E-state index in [1.54, 1.807) is 0 Å². The first-order valence-electron chi connectivity index (χ1n) is 8.56. The number of amides is 2. The molecule has 0 aliphatic carbocycles. The number of hydroxylamine groups is 1. The number of carbonyl (C=O) groups is 2. The van der Waals surface area contributed by atoms with Crippen LogP contribution in [0.5, 0.6) is 0 Å². The third-order valence-electron chi connectivity index (χ3n) is 4.00. The summed E-state index contributed by atoms with van der Waals surface area (Å²) in [6, 6.07) is 15.1. The van der Waals surface area contributed by atoms with Gasteiger partial charge in [0.2, 0.25) is 5.91 Å². The number of nitrogens with zero attached hydrogens (tertiary/aromatic N) is 1. The average molecular weight is 405 g/mol. The second kappa shape index (κ2) is 9.98. The number of hydrogen-bond donors (Lipinski definition) is 2. The zero-order valence-corrected chi connectivity index (χ0v) is 16.5. The Labute approximate surface area is 164 Å². The molecule has 0 radical (unpaired) electrons. The van der Waals surface area contributed by atoms with Crippen molar-refractivity contribution in [2.75, 3.05) is 27.2 Å². The Morgan fingerprint density at radius 3 is 2.25 bits per heavy atom. The Kier molecular flexibility index (Phi) is 7.68. The van der Waals surface area contributed by atoms with Crippen molar-refractivity contribution in [1.29, 1.82) is 0 Å². The van der Waals surface area contributed by atoms with Crippen LogP contribution in [0.15, 0.2) is 59.5 Å². The molecule has 2 N–H and O–H groups in total. The van der Waals surface area contributed by atoms with Crippen LogP contribution in [-0.4, -0.2) is 51.9 Å². The van der Waals surface area contributed by atoms with Crippen LogP contribution in [0.2, 0.25) is 0 Å². The maximum absolute atomic E-state index is 12.1. The first-order valence-corrected chi connectivity index (χ1v) is 10.0. The van der Waals surface area contributed by atoms with Crippen LogP contribution < -0.4 is 10.6 Å². The van der Waals surface area contributed by atoms with Gasteiger partial charge in [-0.25, -0.2) is 8.42 Å². The van der Waals surface area contributed by atoms with Crippen molar-refractivity contribution in [3.05, 3.63) is 65.7 Å². The van der Waals surface area contributed by atoms with E-state index in [2.05, 4.69) is 10.6 Å². The largest absolute Gasteiger partial charge is 0.354 e. The summed E-state index contributed by atoms with van der Waals surface area (Å²) >= 11 is 0. The van der Waals surface area contributed by atoms with Gasteiger partial charge in [-0.15, -0.1) is 0 Å². The van der Waals surface area contributed by atoms with Gasteiger partial charge in [-0.3, -0.25) is 14.4 Å². The van der Waals surface area contributed by atoms with E-state index in [0.717, 1.165) is 10.0 Å². The van der Waals surface area contributed by atoms with Crippen molar-refractivity contribution in [3.8, 4) is 0 Å².